The van der Waals surface area contributed by atoms with Crippen molar-refractivity contribution in [2.75, 3.05) is 13.7 Å². The molecule has 2 unspecified atom stereocenters. The maximum atomic E-state index is 6.36. The molecule has 0 spiro atoms. The molecule has 0 fully saturated rings. The minimum absolute atomic E-state index is 0.00197. The third-order valence-electron chi connectivity index (χ3n) is 3.53. The molecule has 0 amide bonds. The van der Waals surface area contributed by atoms with E-state index in [-0.39, 0.29) is 17.6 Å². The van der Waals surface area contributed by atoms with Gasteiger partial charge in [-0.05, 0) is 22.6 Å². The molecule has 3 heteroatoms. The van der Waals surface area contributed by atoms with Gasteiger partial charge in [-0.25, -0.2) is 0 Å². The molecule has 0 radical (unpaired) electrons. The van der Waals surface area contributed by atoms with E-state index < -0.39 is 0 Å². The van der Waals surface area contributed by atoms with Crippen LogP contribution in [0.15, 0.2) is 18.2 Å². The molecule has 1 heterocycles. The van der Waals surface area contributed by atoms with Gasteiger partial charge in [-0.3, -0.25) is 0 Å². The van der Waals surface area contributed by atoms with Crippen LogP contribution in [0.2, 0.25) is 0 Å². The van der Waals surface area contributed by atoms with Crippen molar-refractivity contribution in [1.82, 2.24) is 0 Å². The molecule has 0 saturated heterocycles. The Morgan fingerprint density at radius 1 is 1.33 bits per heavy atom. The molecule has 2 atom stereocenters. The highest BCUT2D eigenvalue weighted by Crippen LogP contribution is 2.34. The van der Waals surface area contributed by atoms with Gasteiger partial charge < -0.3 is 15.2 Å². The van der Waals surface area contributed by atoms with Crippen LogP contribution in [0.25, 0.3) is 0 Å². The van der Waals surface area contributed by atoms with Crippen LogP contribution in [0.4, 0.5) is 0 Å². The van der Waals surface area contributed by atoms with Crippen molar-refractivity contribution in [3.8, 4) is 5.75 Å². The maximum Gasteiger partial charge on any atom is 0.122 e. The molecular weight excluding hydrogens is 226 g/mol. The summed E-state index contributed by atoms with van der Waals surface area (Å²) in [6.07, 6.45) is 0.973. The second kappa shape index (κ2) is 4.90. The first-order valence-electron chi connectivity index (χ1n) is 6.47. The first-order valence-corrected chi connectivity index (χ1v) is 6.47. The molecular formula is C15H23NO2. The minimum Gasteiger partial charge on any atom is -0.493 e. The van der Waals surface area contributed by atoms with Crippen molar-refractivity contribution in [3.63, 3.8) is 0 Å². The standard InChI is InChI=1S/C15H23NO2/c1-15(2,3)14(17-4)13(16)11-5-6-12-10(9-11)7-8-18-12/h5-6,9,13-14H,7-8,16H2,1-4H3. The van der Waals surface area contributed by atoms with E-state index >= 15 is 0 Å². The van der Waals surface area contributed by atoms with E-state index in [9.17, 15) is 0 Å². The normalized spacial score (nSPS) is 18.1. The van der Waals surface area contributed by atoms with Crippen LogP contribution in [-0.4, -0.2) is 19.8 Å². The minimum atomic E-state index is -0.110. The Balaban J connectivity index is 2.25. The number of hydrogen-bond acceptors (Lipinski definition) is 3. The Bertz CT molecular complexity index is 423. The molecule has 2 rings (SSSR count). The fourth-order valence-electron chi connectivity index (χ4n) is 2.63. The van der Waals surface area contributed by atoms with Gasteiger partial charge in [0.1, 0.15) is 5.75 Å². The van der Waals surface area contributed by atoms with Crippen molar-refractivity contribution in [1.29, 1.82) is 0 Å². The molecule has 1 aliphatic heterocycles. The molecule has 0 bridgehead atoms. The topological polar surface area (TPSA) is 44.5 Å². The van der Waals surface area contributed by atoms with Crippen molar-refractivity contribution >= 4 is 0 Å². The summed E-state index contributed by atoms with van der Waals surface area (Å²) in [5.41, 5.74) is 8.76. The smallest absolute Gasteiger partial charge is 0.122 e. The van der Waals surface area contributed by atoms with E-state index in [0.29, 0.717) is 0 Å². The lowest BCUT2D eigenvalue weighted by Crippen LogP contribution is -2.38. The average Bonchev–Trinajstić information content (AvgIpc) is 2.74. The number of nitrogens with two attached hydrogens (primary N) is 1. The Kier molecular flexibility index (Phi) is 3.64. The summed E-state index contributed by atoms with van der Waals surface area (Å²) >= 11 is 0. The lowest BCUT2D eigenvalue weighted by Gasteiger charge is -2.34. The second-order valence-corrected chi connectivity index (χ2v) is 6.01. The average molecular weight is 249 g/mol. The van der Waals surface area contributed by atoms with Gasteiger partial charge in [0.2, 0.25) is 0 Å². The Morgan fingerprint density at radius 3 is 2.67 bits per heavy atom. The summed E-state index contributed by atoms with van der Waals surface area (Å²) in [4.78, 5) is 0. The summed E-state index contributed by atoms with van der Waals surface area (Å²) in [7, 11) is 1.73. The molecule has 3 nitrogen and oxygen atoms in total. The maximum absolute atomic E-state index is 6.36. The highest BCUT2D eigenvalue weighted by molar-refractivity contribution is 5.41. The molecule has 0 aliphatic carbocycles. The third-order valence-corrected chi connectivity index (χ3v) is 3.53. The molecule has 0 saturated carbocycles. The van der Waals surface area contributed by atoms with Crippen LogP contribution in [-0.2, 0) is 11.2 Å². The van der Waals surface area contributed by atoms with Crippen LogP contribution < -0.4 is 10.5 Å². The largest absolute Gasteiger partial charge is 0.493 e. The quantitative estimate of drug-likeness (QED) is 0.895. The molecule has 2 N–H and O–H groups in total. The van der Waals surface area contributed by atoms with E-state index in [2.05, 4.69) is 26.8 Å². The summed E-state index contributed by atoms with van der Waals surface area (Å²) in [5.74, 6) is 0.996. The van der Waals surface area contributed by atoms with Crippen LogP contribution in [0.5, 0.6) is 5.75 Å². The van der Waals surface area contributed by atoms with Gasteiger partial charge in [0.25, 0.3) is 0 Å². The van der Waals surface area contributed by atoms with E-state index in [1.165, 1.54) is 5.56 Å². The molecule has 18 heavy (non-hydrogen) atoms. The monoisotopic (exact) mass is 249 g/mol. The number of hydrogen-bond donors (Lipinski definition) is 1. The predicted octanol–water partition coefficient (Wildman–Crippen LogP) is 2.68. The summed E-state index contributed by atoms with van der Waals surface area (Å²) in [5, 5.41) is 0. The van der Waals surface area contributed by atoms with Gasteiger partial charge in [0.15, 0.2) is 0 Å². The Labute approximate surface area is 109 Å². The molecule has 0 aromatic heterocycles. The summed E-state index contributed by atoms with van der Waals surface area (Å²) in [6.45, 7) is 7.23. The fourth-order valence-corrected chi connectivity index (χ4v) is 2.63. The highest BCUT2D eigenvalue weighted by atomic mass is 16.5. The molecule has 1 aliphatic rings. The lowest BCUT2D eigenvalue weighted by atomic mass is 9.82. The summed E-state index contributed by atoms with van der Waals surface area (Å²) in [6, 6.07) is 6.12. The van der Waals surface area contributed by atoms with Crippen molar-refractivity contribution in [3.05, 3.63) is 29.3 Å². The van der Waals surface area contributed by atoms with E-state index in [1.807, 2.05) is 12.1 Å². The Morgan fingerprint density at radius 2 is 2.06 bits per heavy atom. The van der Waals surface area contributed by atoms with Gasteiger partial charge >= 0.3 is 0 Å². The van der Waals surface area contributed by atoms with Gasteiger partial charge in [-0.1, -0.05) is 32.9 Å². The first kappa shape index (κ1) is 13.4. The number of methoxy groups -OCH3 is 1. The molecule has 1 aromatic rings. The number of ether oxygens (including phenoxy) is 2. The SMILES string of the molecule is COC(C(N)c1ccc2c(c1)CCO2)C(C)(C)C. The highest BCUT2D eigenvalue weighted by Gasteiger charge is 2.31. The van der Waals surface area contributed by atoms with Crippen LogP contribution >= 0.6 is 0 Å². The zero-order chi connectivity index (χ0) is 13.3. The van der Waals surface area contributed by atoms with E-state index in [0.717, 1.165) is 24.3 Å². The van der Waals surface area contributed by atoms with Gasteiger partial charge in [0.05, 0.1) is 18.8 Å². The number of rotatable bonds is 3. The van der Waals surface area contributed by atoms with E-state index in [4.69, 9.17) is 15.2 Å². The number of fused-ring (bicyclic) bond motifs is 1. The second-order valence-electron chi connectivity index (χ2n) is 6.01. The lowest BCUT2D eigenvalue weighted by molar-refractivity contribution is -0.00244. The Hall–Kier alpha value is -1.06. The fraction of sp³-hybridized carbons (Fsp3) is 0.600. The van der Waals surface area contributed by atoms with Crippen LogP contribution in [0.1, 0.15) is 37.9 Å². The first-order chi connectivity index (χ1) is 8.43. The molecule has 1 aromatic carbocycles. The summed E-state index contributed by atoms with van der Waals surface area (Å²) < 4.78 is 11.1. The van der Waals surface area contributed by atoms with Crippen molar-refractivity contribution in [2.24, 2.45) is 11.1 Å². The van der Waals surface area contributed by atoms with Gasteiger partial charge in [-0.15, -0.1) is 0 Å². The van der Waals surface area contributed by atoms with Crippen LogP contribution in [0.3, 0.4) is 0 Å². The van der Waals surface area contributed by atoms with E-state index in [1.54, 1.807) is 7.11 Å². The van der Waals surface area contributed by atoms with Crippen molar-refractivity contribution < 1.29 is 9.47 Å². The number of benzene rings is 1. The molecule has 100 valence electrons. The third kappa shape index (κ3) is 2.52. The zero-order valence-corrected chi connectivity index (χ0v) is 11.7. The van der Waals surface area contributed by atoms with Crippen LogP contribution in [0, 0.1) is 5.41 Å². The predicted molar refractivity (Wildman–Crippen MR) is 72.8 cm³/mol. The van der Waals surface area contributed by atoms with Gasteiger partial charge in [0, 0.05) is 13.5 Å². The zero-order valence-electron chi connectivity index (χ0n) is 11.7. The van der Waals surface area contributed by atoms with Crippen molar-refractivity contribution in [2.45, 2.75) is 39.3 Å². The van der Waals surface area contributed by atoms with Gasteiger partial charge in [-0.2, -0.15) is 0 Å².